The van der Waals surface area contributed by atoms with E-state index >= 15 is 0 Å². The normalized spacial score (nSPS) is 11.4. The Morgan fingerprint density at radius 2 is 1.62 bits per heavy atom. The Balaban J connectivity index is 0. The molecule has 75 valence electrons. The number of hydrogen-bond acceptors (Lipinski definition) is 6. The van der Waals surface area contributed by atoms with Crippen LogP contribution < -0.4 is 0 Å². The molecule has 1 radical (unpaired) electrons. The molecular formula is C5H13NNaO5S. The fraction of sp³-hybridized carbons (Fsp3) is 1.00. The molecule has 8 heteroatoms. The fourth-order valence-corrected chi connectivity index (χ4v) is 1.13. The van der Waals surface area contributed by atoms with E-state index in [0.29, 0.717) is 0 Å². The van der Waals surface area contributed by atoms with Crippen LogP contribution in [0.5, 0.6) is 0 Å². The minimum absolute atomic E-state index is 0. The van der Waals surface area contributed by atoms with Crippen LogP contribution in [0.1, 0.15) is 0 Å². The summed E-state index contributed by atoms with van der Waals surface area (Å²) in [5, 5.41) is 17.9. The molecule has 0 aromatic rings. The van der Waals surface area contributed by atoms with E-state index in [1.807, 2.05) is 0 Å². The monoisotopic (exact) mass is 222 g/mol. The van der Waals surface area contributed by atoms with Crippen molar-refractivity contribution >= 4 is 39.7 Å². The fourth-order valence-electron chi connectivity index (χ4n) is 0.601. The first-order chi connectivity index (χ1) is 5.49. The predicted molar refractivity (Wildman–Crippen MR) is 47.4 cm³/mol. The molecule has 0 aliphatic carbocycles. The molecule has 13 heavy (non-hydrogen) atoms. The number of aliphatic hydroxyl groups excluding tert-OH is 2. The maximum absolute atomic E-state index is 10.6. The van der Waals surface area contributed by atoms with Crippen molar-refractivity contribution in [3.8, 4) is 0 Å². The quantitative estimate of drug-likeness (QED) is 0.391. The van der Waals surface area contributed by atoms with Gasteiger partial charge in [0.15, 0.2) is 0 Å². The molecule has 2 N–H and O–H groups in total. The van der Waals surface area contributed by atoms with Crippen molar-refractivity contribution in [3.05, 3.63) is 0 Å². The standard InChI is InChI=1S/C5H13NO5S.Na/c1-12(9,10)11-6(2-4-7)3-5-8;/h7-8H,2-5H2,1H3;. The summed E-state index contributed by atoms with van der Waals surface area (Å²) in [5.74, 6) is 0. The number of nitrogens with zero attached hydrogens (tertiary/aromatic N) is 1. The Bertz CT molecular complexity index is 201. The van der Waals surface area contributed by atoms with Gasteiger partial charge in [0.25, 0.3) is 10.1 Å². The molecule has 0 saturated carbocycles. The minimum Gasteiger partial charge on any atom is -0.395 e. The minimum atomic E-state index is -3.56. The van der Waals surface area contributed by atoms with Crippen LogP contribution in [0, 0.1) is 0 Å². The number of aliphatic hydroxyl groups is 2. The van der Waals surface area contributed by atoms with Gasteiger partial charge in [0.2, 0.25) is 0 Å². The van der Waals surface area contributed by atoms with Crippen LogP contribution in [-0.4, -0.2) is 85.8 Å². The van der Waals surface area contributed by atoms with E-state index in [1.165, 1.54) is 0 Å². The Labute approximate surface area is 99.9 Å². The molecule has 6 nitrogen and oxygen atoms in total. The number of hydrogen-bond donors (Lipinski definition) is 2. The molecule has 0 heterocycles. The summed E-state index contributed by atoms with van der Waals surface area (Å²) >= 11 is 0. The Morgan fingerprint density at radius 1 is 1.23 bits per heavy atom. The van der Waals surface area contributed by atoms with Crippen LogP contribution >= 0.6 is 0 Å². The second-order valence-corrected chi connectivity index (χ2v) is 3.71. The van der Waals surface area contributed by atoms with Gasteiger partial charge in [-0.1, -0.05) is 0 Å². The Hall–Kier alpha value is 0.790. The van der Waals surface area contributed by atoms with E-state index < -0.39 is 10.1 Å². The van der Waals surface area contributed by atoms with Crippen LogP contribution in [0.4, 0.5) is 0 Å². The van der Waals surface area contributed by atoms with Gasteiger partial charge in [0, 0.05) is 42.6 Å². The van der Waals surface area contributed by atoms with Crippen LogP contribution in [0.25, 0.3) is 0 Å². The van der Waals surface area contributed by atoms with Crippen LogP contribution in [0.2, 0.25) is 0 Å². The molecule has 0 aliphatic heterocycles. The van der Waals surface area contributed by atoms with Gasteiger partial charge in [-0.15, -0.1) is 0 Å². The smallest absolute Gasteiger partial charge is 0.280 e. The topological polar surface area (TPSA) is 87.1 Å². The van der Waals surface area contributed by atoms with Gasteiger partial charge in [-0.3, -0.25) is 0 Å². The Kier molecular flexibility index (Phi) is 10.1. The largest absolute Gasteiger partial charge is 0.395 e. The number of hydroxylamine groups is 2. The van der Waals surface area contributed by atoms with Crippen molar-refractivity contribution in [2.24, 2.45) is 0 Å². The third kappa shape index (κ3) is 10.7. The average molecular weight is 222 g/mol. The summed E-state index contributed by atoms with van der Waals surface area (Å²) in [6, 6.07) is 0. The third-order valence-corrected chi connectivity index (χ3v) is 1.42. The van der Waals surface area contributed by atoms with Gasteiger partial charge in [-0.05, 0) is 0 Å². The summed E-state index contributed by atoms with van der Waals surface area (Å²) in [5.41, 5.74) is 0. The van der Waals surface area contributed by atoms with Crippen LogP contribution in [0.15, 0.2) is 0 Å². The van der Waals surface area contributed by atoms with Crippen molar-refractivity contribution in [2.45, 2.75) is 0 Å². The summed E-state index contributed by atoms with van der Waals surface area (Å²) in [7, 11) is -3.56. The molecule has 0 amide bonds. The van der Waals surface area contributed by atoms with Gasteiger partial charge in [-0.25, -0.2) is 0 Å². The van der Waals surface area contributed by atoms with Gasteiger partial charge < -0.3 is 10.2 Å². The summed E-state index contributed by atoms with van der Waals surface area (Å²) in [6.07, 6.45) is 0.898. The summed E-state index contributed by atoms with van der Waals surface area (Å²) in [4.78, 5) is 0. The average Bonchev–Trinajstić information content (AvgIpc) is 1.84. The zero-order valence-electron chi connectivity index (χ0n) is 7.80. The second kappa shape index (κ2) is 8.13. The predicted octanol–water partition coefficient (Wildman–Crippen LogP) is -2.22. The first-order valence-electron chi connectivity index (χ1n) is 3.36. The van der Waals surface area contributed by atoms with Crippen LogP contribution in [-0.2, 0) is 14.4 Å². The maximum Gasteiger partial charge on any atom is 0.280 e. The molecule has 0 saturated heterocycles. The maximum atomic E-state index is 10.6. The SMILES string of the molecule is CS(=O)(=O)ON(CCO)CCO.[Na]. The van der Waals surface area contributed by atoms with Gasteiger partial charge in [0.1, 0.15) is 0 Å². The zero-order valence-corrected chi connectivity index (χ0v) is 10.6. The van der Waals surface area contributed by atoms with Crippen molar-refractivity contribution in [3.63, 3.8) is 0 Å². The van der Waals surface area contributed by atoms with Crippen molar-refractivity contribution in [1.29, 1.82) is 0 Å². The molecule has 0 bridgehead atoms. The van der Waals surface area contributed by atoms with E-state index in [0.717, 1.165) is 11.3 Å². The molecule has 0 rings (SSSR count). The molecule has 0 aliphatic rings. The van der Waals surface area contributed by atoms with Crippen LogP contribution in [0.3, 0.4) is 0 Å². The van der Waals surface area contributed by atoms with E-state index in [1.54, 1.807) is 0 Å². The molecular weight excluding hydrogens is 209 g/mol. The van der Waals surface area contributed by atoms with E-state index in [-0.39, 0.29) is 55.9 Å². The first kappa shape index (κ1) is 16.2. The molecule has 0 unspecified atom stereocenters. The molecule has 0 aromatic heterocycles. The van der Waals surface area contributed by atoms with Gasteiger partial charge in [0.05, 0.1) is 19.5 Å². The van der Waals surface area contributed by atoms with Gasteiger partial charge in [-0.2, -0.15) is 17.8 Å². The molecule has 0 aromatic carbocycles. The zero-order chi connectivity index (χ0) is 9.61. The van der Waals surface area contributed by atoms with Crippen molar-refractivity contribution in [1.82, 2.24) is 5.06 Å². The third-order valence-electron chi connectivity index (χ3n) is 0.940. The second-order valence-electron chi connectivity index (χ2n) is 2.15. The summed E-state index contributed by atoms with van der Waals surface area (Å²) < 4.78 is 25.5. The van der Waals surface area contributed by atoms with Gasteiger partial charge >= 0.3 is 0 Å². The van der Waals surface area contributed by atoms with E-state index in [2.05, 4.69) is 4.28 Å². The molecule has 0 spiro atoms. The number of rotatable bonds is 6. The van der Waals surface area contributed by atoms with E-state index in [9.17, 15) is 8.42 Å². The summed E-state index contributed by atoms with van der Waals surface area (Å²) in [6.45, 7) is -0.355. The Morgan fingerprint density at radius 3 is 1.85 bits per heavy atom. The van der Waals surface area contributed by atoms with E-state index in [4.69, 9.17) is 10.2 Å². The van der Waals surface area contributed by atoms with Crippen molar-refractivity contribution in [2.75, 3.05) is 32.6 Å². The molecule has 0 fully saturated rings. The molecule has 0 atom stereocenters. The van der Waals surface area contributed by atoms with Crippen molar-refractivity contribution < 1.29 is 22.9 Å². The first-order valence-corrected chi connectivity index (χ1v) is 5.17.